The van der Waals surface area contributed by atoms with Gasteiger partial charge in [0.1, 0.15) is 0 Å². The first-order valence-corrected chi connectivity index (χ1v) is 7.86. The Labute approximate surface area is 135 Å². The first kappa shape index (κ1) is 16.0. The van der Waals surface area contributed by atoms with Gasteiger partial charge in [-0.3, -0.25) is 9.36 Å². The maximum Gasteiger partial charge on any atom is 0.262 e. The molecule has 0 radical (unpaired) electrons. The minimum atomic E-state index is -1.06. The van der Waals surface area contributed by atoms with E-state index in [2.05, 4.69) is 4.90 Å². The lowest BCUT2D eigenvalue weighted by atomic mass is 9.94. The van der Waals surface area contributed by atoms with Gasteiger partial charge < -0.3 is 14.7 Å². The van der Waals surface area contributed by atoms with Crippen LogP contribution in [-0.2, 0) is 17.4 Å². The van der Waals surface area contributed by atoms with Gasteiger partial charge in [0.2, 0.25) is 5.95 Å². The van der Waals surface area contributed by atoms with Gasteiger partial charge in [0.05, 0.1) is 29.7 Å². The standard InChI is InChI=1S/C17H23N3O3/c1-11-9-12-14(13(10-11)17(2,3)22)18-16(19(4)15(12)21)20-5-7-23-8-6-20/h9-10,22H,5-8H2,1-4H3. The van der Waals surface area contributed by atoms with Gasteiger partial charge in [-0.15, -0.1) is 0 Å². The molecule has 0 spiro atoms. The van der Waals surface area contributed by atoms with Crippen molar-refractivity contribution in [1.82, 2.24) is 9.55 Å². The number of morpholine rings is 1. The van der Waals surface area contributed by atoms with E-state index in [1.165, 1.54) is 0 Å². The maximum atomic E-state index is 12.8. The van der Waals surface area contributed by atoms with E-state index >= 15 is 0 Å². The molecule has 1 aromatic heterocycles. The van der Waals surface area contributed by atoms with Crippen molar-refractivity contribution in [2.75, 3.05) is 31.2 Å². The van der Waals surface area contributed by atoms with Crippen molar-refractivity contribution in [3.8, 4) is 0 Å². The number of aromatic nitrogens is 2. The van der Waals surface area contributed by atoms with E-state index in [0.29, 0.717) is 48.7 Å². The van der Waals surface area contributed by atoms with Crippen molar-refractivity contribution in [1.29, 1.82) is 0 Å². The SMILES string of the molecule is Cc1cc(C(C)(C)O)c2nc(N3CCOCC3)n(C)c(=O)c2c1. The molecule has 124 valence electrons. The molecule has 1 N–H and O–H groups in total. The van der Waals surface area contributed by atoms with Gasteiger partial charge in [-0.2, -0.15) is 0 Å². The molecule has 0 atom stereocenters. The van der Waals surface area contributed by atoms with Crippen molar-refractivity contribution in [3.05, 3.63) is 33.6 Å². The average molecular weight is 317 g/mol. The van der Waals surface area contributed by atoms with Gasteiger partial charge in [-0.25, -0.2) is 4.98 Å². The fourth-order valence-corrected chi connectivity index (χ4v) is 3.02. The van der Waals surface area contributed by atoms with Crippen LogP contribution in [0.4, 0.5) is 5.95 Å². The number of aryl methyl sites for hydroxylation is 1. The highest BCUT2D eigenvalue weighted by molar-refractivity contribution is 5.83. The van der Waals surface area contributed by atoms with E-state index in [9.17, 15) is 9.90 Å². The number of benzene rings is 1. The summed E-state index contributed by atoms with van der Waals surface area (Å²) in [6.45, 7) is 8.01. The lowest BCUT2D eigenvalue weighted by molar-refractivity contribution is 0.0799. The summed E-state index contributed by atoms with van der Waals surface area (Å²) in [7, 11) is 1.74. The smallest absolute Gasteiger partial charge is 0.262 e. The number of aliphatic hydroxyl groups is 1. The summed E-state index contributed by atoms with van der Waals surface area (Å²) in [5.74, 6) is 0.625. The van der Waals surface area contributed by atoms with Gasteiger partial charge in [0.25, 0.3) is 5.56 Å². The van der Waals surface area contributed by atoms with Crippen LogP contribution in [0.3, 0.4) is 0 Å². The molecule has 1 fully saturated rings. The Bertz CT molecular complexity index is 799. The van der Waals surface area contributed by atoms with Crippen LogP contribution in [0.25, 0.3) is 10.9 Å². The van der Waals surface area contributed by atoms with Gasteiger partial charge in [0.15, 0.2) is 0 Å². The molecule has 0 saturated carbocycles. The summed E-state index contributed by atoms with van der Waals surface area (Å²) < 4.78 is 6.96. The van der Waals surface area contributed by atoms with E-state index in [0.717, 1.165) is 5.56 Å². The zero-order valence-electron chi connectivity index (χ0n) is 14.1. The number of nitrogens with zero attached hydrogens (tertiary/aromatic N) is 3. The Hall–Kier alpha value is -1.92. The quantitative estimate of drug-likeness (QED) is 0.904. The number of rotatable bonds is 2. The van der Waals surface area contributed by atoms with Crippen molar-refractivity contribution in [2.45, 2.75) is 26.4 Å². The fraction of sp³-hybridized carbons (Fsp3) is 0.529. The normalized spacial score (nSPS) is 16.1. The minimum Gasteiger partial charge on any atom is -0.386 e. The maximum absolute atomic E-state index is 12.8. The van der Waals surface area contributed by atoms with Crippen molar-refractivity contribution >= 4 is 16.9 Å². The highest BCUT2D eigenvalue weighted by atomic mass is 16.5. The summed E-state index contributed by atoms with van der Waals surface area (Å²) in [5, 5.41) is 11.0. The number of fused-ring (bicyclic) bond motifs is 1. The number of anilines is 1. The molecule has 0 bridgehead atoms. The van der Waals surface area contributed by atoms with Crippen LogP contribution in [0, 0.1) is 6.92 Å². The average Bonchev–Trinajstić information content (AvgIpc) is 2.50. The van der Waals surface area contributed by atoms with E-state index in [1.807, 2.05) is 19.1 Å². The van der Waals surface area contributed by atoms with E-state index in [1.54, 1.807) is 25.5 Å². The Morgan fingerprint density at radius 3 is 2.52 bits per heavy atom. The van der Waals surface area contributed by atoms with Crippen molar-refractivity contribution < 1.29 is 9.84 Å². The van der Waals surface area contributed by atoms with E-state index < -0.39 is 5.60 Å². The predicted octanol–water partition coefficient (Wildman–Crippen LogP) is 1.31. The molecule has 2 heterocycles. The first-order chi connectivity index (χ1) is 10.8. The summed E-state index contributed by atoms with van der Waals surface area (Å²) in [5.41, 5.74) is 1.04. The Balaban J connectivity index is 2.30. The molecule has 0 aliphatic carbocycles. The zero-order chi connectivity index (χ0) is 16.8. The molecule has 1 saturated heterocycles. The van der Waals surface area contributed by atoms with Crippen LogP contribution in [0.5, 0.6) is 0 Å². The van der Waals surface area contributed by atoms with Gasteiger partial charge in [-0.05, 0) is 32.4 Å². The van der Waals surface area contributed by atoms with Crippen LogP contribution in [0.2, 0.25) is 0 Å². The first-order valence-electron chi connectivity index (χ1n) is 7.86. The molecular formula is C17H23N3O3. The predicted molar refractivity (Wildman–Crippen MR) is 90.0 cm³/mol. The third-order valence-corrected chi connectivity index (χ3v) is 4.25. The Morgan fingerprint density at radius 2 is 1.91 bits per heavy atom. The molecular weight excluding hydrogens is 294 g/mol. The van der Waals surface area contributed by atoms with Crippen LogP contribution in [0.1, 0.15) is 25.0 Å². The molecule has 23 heavy (non-hydrogen) atoms. The Morgan fingerprint density at radius 1 is 1.26 bits per heavy atom. The molecule has 1 aromatic carbocycles. The van der Waals surface area contributed by atoms with E-state index in [4.69, 9.17) is 9.72 Å². The largest absolute Gasteiger partial charge is 0.386 e. The molecule has 0 unspecified atom stereocenters. The summed E-state index contributed by atoms with van der Waals surface area (Å²) in [4.78, 5) is 19.6. The van der Waals surface area contributed by atoms with Crippen molar-refractivity contribution in [2.24, 2.45) is 7.05 Å². The second-order valence-corrected chi connectivity index (χ2v) is 6.64. The van der Waals surface area contributed by atoms with Crippen molar-refractivity contribution in [3.63, 3.8) is 0 Å². The topological polar surface area (TPSA) is 67.6 Å². The molecule has 0 amide bonds. The summed E-state index contributed by atoms with van der Waals surface area (Å²) >= 11 is 0. The van der Waals surface area contributed by atoms with Crippen LogP contribution < -0.4 is 10.5 Å². The molecule has 6 nitrogen and oxygen atoms in total. The Kier molecular flexibility index (Phi) is 3.90. The van der Waals surface area contributed by atoms with Gasteiger partial charge in [-0.1, -0.05) is 6.07 Å². The second kappa shape index (κ2) is 5.62. The van der Waals surface area contributed by atoms with Gasteiger partial charge >= 0.3 is 0 Å². The minimum absolute atomic E-state index is 0.0920. The number of hydrogen-bond donors (Lipinski definition) is 1. The van der Waals surface area contributed by atoms with Crippen LogP contribution in [-0.4, -0.2) is 41.0 Å². The van der Waals surface area contributed by atoms with Crippen LogP contribution >= 0.6 is 0 Å². The lowest BCUT2D eigenvalue weighted by Gasteiger charge is -2.29. The molecule has 2 aromatic rings. The summed E-state index contributed by atoms with van der Waals surface area (Å²) in [6.07, 6.45) is 0. The highest BCUT2D eigenvalue weighted by Gasteiger charge is 2.24. The second-order valence-electron chi connectivity index (χ2n) is 6.64. The number of ether oxygens (including phenoxy) is 1. The number of hydrogen-bond acceptors (Lipinski definition) is 5. The van der Waals surface area contributed by atoms with Gasteiger partial charge in [0, 0.05) is 25.7 Å². The molecule has 3 rings (SSSR count). The zero-order valence-corrected chi connectivity index (χ0v) is 14.1. The third-order valence-electron chi connectivity index (χ3n) is 4.25. The van der Waals surface area contributed by atoms with Crippen LogP contribution in [0.15, 0.2) is 16.9 Å². The molecule has 6 heteroatoms. The third kappa shape index (κ3) is 2.84. The van der Waals surface area contributed by atoms with E-state index in [-0.39, 0.29) is 5.56 Å². The fourth-order valence-electron chi connectivity index (χ4n) is 3.02. The lowest BCUT2D eigenvalue weighted by Crippen LogP contribution is -2.40. The monoisotopic (exact) mass is 317 g/mol. The summed E-state index contributed by atoms with van der Waals surface area (Å²) in [6, 6.07) is 3.74. The molecule has 1 aliphatic rings. The highest BCUT2D eigenvalue weighted by Crippen LogP contribution is 2.28. The molecule has 1 aliphatic heterocycles.